The first-order valence-electron chi connectivity index (χ1n) is 9.02. The first kappa shape index (κ1) is 16.6. The first-order valence-corrected chi connectivity index (χ1v) is 9.02. The number of rotatable bonds is 3. The van der Waals surface area contributed by atoms with Crippen LogP contribution in [0.25, 0.3) is 5.65 Å². The lowest BCUT2D eigenvalue weighted by atomic mass is 10.0. The molecule has 134 valence electrons. The molecule has 6 nitrogen and oxygen atoms in total. The van der Waals surface area contributed by atoms with Crippen molar-refractivity contribution < 1.29 is 4.79 Å². The van der Waals surface area contributed by atoms with Gasteiger partial charge in [0.2, 0.25) is 0 Å². The van der Waals surface area contributed by atoms with Crippen molar-refractivity contribution in [1.82, 2.24) is 19.5 Å². The summed E-state index contributed by atoms with van der Waals surface area (Å²) in [5, 5.41) is 4.42. The number of hydrogen-bond donors (Lipinski definition) is 0. The molecule has 6 heteroatoms. The monoisotopic (exact) mass is 349 g/mol. The quantitative estimate of drug-likeness (QED) is 0.730. The summed E-state index contributed by atoms with van der Waals surface area (Å²) >= 11 is 0. The topological polar surface area (TPSA) is 53.7 Å². The maximum Gasteiger partial charge on any atom is 0.259 e. The molecule has 1 fully saturated rings. The zero-order valence-corrected chi connectivity index (χ0v) is 15.2. The van der Waals surface area contributed by atoms with Crippen LogP contribution in [-0.4, -0.2) is 51.6 Å². The van der Waals surface area contributed by atoms with Crippen LogP contribution in [0.2, 0.25) is 0 Å². The Morgan fingerprint density at radius 3 is 2.85 bits per heavy atom. The molecule has 3 aromatic rings. The lowest BCUT2D eigenvalue weighted by Crippen LogP contribution is -2.48. The zero-order valence-electron chi connectivity index (χ0n) is 15.2. The molecule has 0 N–H and O–H groups in total. The molecule has 4 rings (SSSR count). The van der Waals surface area contributed by atoms with Gasteiger partial charge in [-0.05, 0) is 38.0 Å². The van der Waals surface area contributed by atoms with Gasteiger partial charge in [-0.15, -0.1) is 0 Å². The number of carbonyl (C=O) groups is 1. The Morgan fingerprint density at radius 1 is 1.23 bits per heavy atom. The number of aromatic nitrogens is 3. The molecular weight excluding hydrogens is 326 g/mol. The van der Waals surface area contributed by atoms with Crippen molar-refractivity contribution in [1.29, 1.82) is 0 Å². The molecule has 0 aliphatic carbocycles. The van der Waals surface area contributed by atoms with E-state index in [9.17, 15) is 4.79 Å². The van der Waals surface area contributed by atoms with Crippen molar-refractivity contribution in [2.75, 3.05) is 25.0 Å². The standard InChI is InChI=1S/C20H23N5O/c1-15-18(19-21-11-7-13-25(19)22-15)20(26)23(2)17-10-6-12-24(14-17)16-8-4-3-5-9-16/h3-5,7-9,11,13,17H,6,10,12,14H2,1-2H3. The van der Waals surface area contributed by atoms with Gasteiger partial charge in [-0.25, -0.2) is 9.50 Å². The summed E-state index contributed by atoms with van der Waals surface area (Å²) in [5.41, 5.74) is 3.16. The highest BCUT2D eigenvalue weighted by molar-refractivity contribution is 6.01. The number of benzene rings is 1. The minimum atomic E-state index is -0.00360. The Balaban J connectivity index is 1.57. The minimum absolute atomic E-state index is 0.00360. The third kappa shape index (κ3) is 2.92. The maximum atomic E-state index is 13.2. The van der Waals surface area contributed by atoms with Gasteiger partial charge in [0.1, 0.15) is 5.56 Å². The molecule has 1 amide bonds. The van der Waals surface area contributed by atoms with E-state index in [1.165, 1.54) is 5.69 Å². The van der Waals surface area contributed by atoms with E-state index < -0.39 is 0 Å². The van der Waals surface area contributed by atoms with Crippen LogP contribution in [-0.2, 0) is 0 Å². The van der Waals surface area contributed by atoms with Crippen molar-refractivity contribution in [3.8, 4) is 0 Å². The fourth-order valence-electron chi connectivity index (χ4n) is 3.73. The molecule has 2 aromatic heterocycles. The minimum Gasteiger partial charge on any atom is -0.369 e. The molecule has 0 radical (unpaired) electrons. The van der Waals surface area contributed by atoms with Crippen LogP contribution in [0.5, 0.6) is 0 Å². The number of fused-ring (bicyclic) bond motifs is 1. The van der Waals surface area contributed by atoms with E-state index >= 15 is 0 Å². The van der Waals surface area contributed by atoms with Crippen LogP contribution < -0.4 is 4.90 Å². The molecule has 1 aliphatic heterocycles. The Kier molecular flexibility index (Phi) is 4.32. The van der Waals surface area contributed by atoms with Gasteiger partial charge in [0.15, 0.2) is 5.65 Å². The predicted molar refractivity (Wildman–Crippen MR) is 101 cm³/mol. The average Bonchev–Trinajstić information content (AvgIpc) is 3.03. The highest BCUT2D eigenvalue weighted by Crippen LogP contribution is 2.24. The Bertz CT molecular complexity index is 920. The van der Waals surface area contributed by atoms with E-state index in [4.69, 9.17) is 0 Å². The van der Waals surface area contributed by atoms with Crippen molar-refractivity contribution in [2.45, 2.75) is 25.8 Å². The number of amides is 1. The van der Waals surface area contributed by atoms with Gasteiger partial charge in [0, 0.05) is 44.3 Å². The van der Waals surface area contributed by atoms with Crippen LogP contribution in [0.4, 0.5) is 5.69 Å². The first-order chi connectivity index (χ1) is 12.6. The summed E-state index contributed by atoms with van der Waals surface area (Å²) < 4.78 is 1.67. The van der Waals surface area contributed by atoms with Crippen LogP contribution >= 0.6 is 0 Å². The number of aryl methyl sites for hydroxylation is 1. The largest absolute Gasteiger partial charge is 0.369 e. The third-order valence-electron chi connectivity index (χ3n) is 5.17. The van der Waals surface area contributed by atoms with Crippen molar-refractivity contribution >= 4 is 17.2 Å². The lowest BCUT2D eigenvalue weighted by molar-refractivity contribution is 0.0718. The second kappa shape index (κ2) is 6.78. The smallest absolute Gasteiger partial charge is 0.259 e. The van der Waals surface area contributed by atoms with Crippen LogP contribution in [0, 0.1) is 6.92 Å². The van der Waals surface area contributed by atoms with Crippen molar-refractivity contribution in [3.05, 3.63) is 60.0 Å². The highest BCUT2D eigenvalue weighted by atomic mass is 16.2. The van der Waals surface area contributed by atoms with Crippen molar-refractivity contribution in [2.24, 2.45) is 0 Å². The Labute approximate surface area is 153 Å². The lowest BCUT2D eigenvalue weighted by Gasteiger charge is -2.38. The van der Waals surface area contributed by atoms with Gasteiger partial charge in [-0.1, -0.05) is 18.2 Å². The molecule has 1 atom stereocenters. The van der Waals surface area contributed by atoms with E-state index in [2.05, 4.69) is 39.2 Å². The summed E-state index contributed by atoms with van der Waals surface area (Å²) in [6.07, 6.45) is 5.61. The Morgan fingerprint density at radius 2 is 2.04 bits per heavy atom. The molecule has 1 saturated heterocycles. The van der Waals surface area contributed by atoms with E-state index in [0.717, 1.165) is 31.6 Å². The molecular formula is C20H23N5O. The van der Waals surface area contributed by atoms with Crippen molar-refractivity contribution in [3.63, 3.8) is 0 Å². The number of piperidine rings is 1. The van der Waals surface area contributed by atoms with Crippen LogP contribution in [0.1, 0.15) is 28.9 Å². The van der Waals surface area contributed by atoms with E-state index in [1.807, 2.05) is 37.2 Å². The number of para-hydroxylation sites is 1. The zero-order chi connectivity index (χ0) is 18.1. The second-order valence-corrected chi connectivity index (χ2v) is 6.84. The van der Waals surface area contributed by atoms with E-state index in [1.54, 1.807) is 10.7 Å². The number of hydrogen-bond acceptors (Lipinski definition) is 4. The average molecular weight is 349 g/mol. The SMILES string of the molecule is Cc1nn2cccnc2c1C(=O)N(C)C1CCCN(c2ccccc2)C1. The number of carbonyl (C=O) groups excluding carboxylic acids is 1. The van der Waals surface area contributed by atoms with Gasteiger partial charge >= 0.3 is 0 Å². The fourth-order valence-corrected chi connectivity index (χ4v) is 3.73. The summed E-state index contributed by atoms with van der Waals surface area (Å²) in [5.74, 6) is -0.00360. The molecule has 3 heterocycles. The van der Waals surface area contributed by atoms with Gasteiger partial charge in [0.25, 0.3) is 5.91 Å². The van der Waals surface area contributed by atoms with Gasteiger partial charge in [-0.3, -0.25) is 4.79 Å². The van der Waals surface area contributed by atoms with Crippen LogP contribution in [0.15, 0.2) is 48.8 Å². The third-order valence-corrected chi connectivity index (χ3v) is 5.17. The van der Waals surface area contributed by atoms with Gasteiger partial charge in [0.05, 0.1) is 5.69 Å². The van der Waals surface area contributed by atoms with Gasteiger partial charge < -0.3 is 9.80 Å². The number of nitrogens with zero attached hydrogens (tertiary/aromatic N) is 5. The van der Waals surface area contributed by atoms with Gasteiger partial charge in [-0.2, -0.15) is 5.10 Å². The summed E-state index contributed by atoms with van der Waals surface area (Å²) in [6, 6.07) is 12.4. The number of anilines is 1. The summed E-state index contributed by atoms with van der Waals surface area (Å²) in [7, 11) is 1.90. The molecule has 26 heavy (non-hydrogen) atoms. The summed E-state index contributed by atoms with van der Waals surface area (Å²) in [6.45, 7) is 3.74. The molecule has 0 saturated carbocycles. The van der Waals surface area contributed by atoms with Crippen LogP contribution in [0.3, 0.4) is 0 Å². The van der Waals surface area contributed by atoms with E-state index in [-0.39, 0.29) is 11.9 Å². The molecule has 0 bridgehead atoms. The summed E-state index contributed by atoms with van der Waals surface area (Å²) in [4.78, 5) is 21.8. The number of likely N-dealkylation sites (N-methyl/N-ethyl adjacent to an activating group) is 1. The Hall–Kier alpha value is -2.89. The fraction of sp³-hybridized carbons (Fsp3) is 0.350. The highest BCUT2D eigenvalue weighted by Gasteiger charge is 2.29. The molecule has 1 unspecified atom stereocenters. The normalized spacial score (nSPS) is 17.5. The second-order valence-electron chi connectivity index (χ2n) is 6.84. The molecule has 1 aliphatic rings. The maximum absolute atomic E-state index is 13.2. The van der Waals surface area contributed by atoms with E-state index in [0.29, 0.717) is 11.2 Å². The molecule has 0 spiro atoms. The predicted octanol–water partition coefficient (Wildman–Crippen LogP) is 2.78. The molecule has 1 aromatic carbocycles.